The molecule has 18 heteroatoms. The third-order valence-corrected chi connectivity index (χ3v) is 9.62. The Morgan fingerprint density at radius 1 is 1.22 bits per heavy atom. The molecular formula is C23H36ClFN5O8PS2. The van der Waals surface area contributed by atoms with Crippen molar-refractivity contribution in [3.8, 4) is 0 Å². The first kappa shape index (κ1) is 34.5. The zero-order valence-corrected chi connectivity index (χ0v) is 26.4. The lowest BCUT2D eigenvalue weighted by Crippen LogP contribution is -2.50. The normalized spacial score (nSPS) is 27.0. The second-order valence-electron chi connectivity index (χ2n) is 10.5. The van der Waals surface area contributed by atoms with Crippen LogP contribution in [0.3, 0.4) is 0 Å². The summed E-state index contributed by atoms with van der Waals surface area (Å²) in [6.07, 6.45) is -2.20. The van der Waals surface area contributed by atoms with Gasteiger partial charge in [0.25, 0.3) is 0 Å². The van der Waals surface area contributed by atoms with Gasteiger partial charge in [0, 0.05) is 17.9 Å². The van der Waals surface area contributed by atoms with E-state index in [4.69, 9.17) is 35.6 Å². The maximum Gasteiger partial charge on any atom is 0.332 e. The number of amidine groups is 2. The molecular weight excluding hydrogens is 624 g/mol. The molecule has 1 saturated heterocycles. The number of ether oxygens (including phenoxy) is 1. The van der Waals surface area contributed by atoms with E-state index in [2.05, 4.69) is 15.0 Å². The summed E-state index contributed by atoms with van der Waals surface area (Å²) in [5.74, 6) is 0.720. The van der Waals surface area contributed by atoms with Crippen LogP contribution in [0, 0.1) is 5.41 Å². The van der Waals surface area contributed by atoms with Gasteiger partial charge in [0.2, 0.25) is 10.4 Å². The predicted molar refractivity (Wildman–Crippen MR) is 158 cm³/mol. The Labute approximate surface area is 252 Å². The van der Waals surface area contributed by atoms with Crippen molar-refractivity contribution in [1.82, 2.24) is 4.90 Å². The Morgan fingerprint density at radius 2 is 1.85 bits per heavy atom. The molecule has 0 aromatic carbocycles. The minimum Gasteiger partial charge on any atom is -0.395 e. The molecule has 3 rings (SSSR count). The number of nitrogens with two attached hydrogens (primary N) is 1. The van der Waals surface area contributed by atoms with Gasteiger partial charge < -0.3 is 39.2 Å². The molecule has 0 radical (unpaired) electrons. The lowest BCUT2D eigenvalue weighted by molar-refractivity contribution is -0.124. The second-order valence-corrected chi connectivity index (χ2v) is 14.2. The van der Waals surface area contributed by atoms with Gasteiger partial charge >= 0.3 is 8.60 Å². The molecule has 232 valence electrons. The maximum absolute atomic E-state index is 15.0. The van der Waals surface area contributed by atoms with Gasteiger partial charge in [0.15, 0.2) is 17.5 Å². The van der Waals surface area contributed by atoms with Gasteiger partial charge in [-0.25, -0.2) is 14.4 Å². The van der Waals surface area contributed by atoms with Crippen molar-refractivity contribution >= 4 is 71.4 Å². The lowest BCUT2D eigenvalue weighted by atomic mass is 9.97. The number of fused-ring (bicyclic) bond motifs is 1. The lowest BCUT2D eigenvalue weighted by Gasteiger charge is -2.31. The molecule has 0 bridgehead atoms. The molecule has 0 amide bonds. The smallest absolute Gasteiger partial charge is 0.332 e. The number of rotatable bonds is 15. The van der Waals surface area contributed by atoms with E-state index in [1.54, 1.807) is 13.8 Å². The zero-order chi connectivity index (χ0) is 30.4. The number of alkyl halides is 1. The van der Waals surface area contributed by atoms with Crippen molar-refractivity contribution in [3.63, 3.8) is 0 Å². The number of carbonyl (C=O) groups is 2. The van der Waals surface area contributed by atoms with E-state index in [-0.39, 0.29) is 54.8 Å². The summed E-state index contributed by atoms with van der Waals surface area (Å²) < 4.78 is 38.2. The third kappa shape index (κ3) is 9.78. The number of aliphatic imine (C=N–C) groups is 3. The van der Waals surface area contributed by atoms with Crippen molar-refractivity contribution in [2.24, 2.45) is 26.1 Å². The Balaban J connectivity index is 1.51. The molecule has 0 aromatic rings. The van der Waals surface area contributed by atoms with Gasteiger partial charge in [-0.1, -0.05) is 23.5 Å². The van der Waals surface area contributed by atoms with Crippen LogP contribution in [0.4, 0.5) is 4.39 Å². The first-order chi connectivity index (χ1) is 19.2. The number of carbonyl (C=O) groups excluding carboxylic acids is 2. The minimum absolute atomic E-state index is 0.0348. The van der Waals surface area contributed by atoms with E-state index in [0.29, 0.717) is 5.75 Å². The predicted octanol–water partition coefficient (Wildman–Crippen LogP) is 2.03. The number of thioether (sulfide) groups is 2. The average molecular weight is 660 g/mol. The van der Waals surface area contributed by atoms with Crippen LogP contribution in [0.5, 0.6) is 0 Å². The molecule has 41 heavy (non-hydrogen) atoms. The Kier molecular flexibility index (Phi) is 12.8. The molecule has 1 fully saturated rings. The highest BCUT2D eigenvalue weighted by atomic mass is 35.5. The molecule has 0 saturated carbocycles. The van der Waals surface area contributed by atoms with E-state index in [1.807, 2.05) is 0 Å². The largest absolute Gasteiger partial charge is 0.395 e. The molecule has 0 aliphatic carbocycles. The highest BCUT2D eigenvalue weighted by Gasteiger charge is 2.47. The zero-order valence-electron chi connectivity index (χ0n) is 23.1. The van der Waals surface area contributed by atoms with Gasteiger partial charge in [-0.05, 0) is 39.3 Å². The standard InChI is InChI=1S/C23H36ClFN5O8PS2/c1-22(2,11-31)19(32)40-7-5-35-39(36-6-8-41-20(33)23(3,4)34)37-10-13-9-14(25)18(38-13)30-12-27-15-16(26)28-21(24)29-17(15)30/h12-15,17-18,31,34H,5-11H2,1-4H3,(H2,26,28,29)/t13?,14?,15?,17?,18-,39?/m1/s1. The summed E-state index contributed by atoms with van der Waals surface area (Å²) in [6, 6.07) is -0.577. The van der Waals surface area contributed by atoms with E-state index in [0.717, 1.165) is 23.5 Å². The van der Waals surface area contributed by atoms with Crippen LogP contribution in [0.25, 0.3) is 0 Å². The van der Waals surface area contributed by atoms with Crippen LogP contribution in [-0.4, -0.2) is 117 Å². The number of halogens is 2. The summed E-state index contributed by atoms with van der Waals surface area (Å²) in [5.41, 5.74) is 3.55. The molecule has 13 nitrogen and oxygen atoms in total. The molecule has 0 aromatic heterocycles. The number of hydrogen-bond donors (Lipinski definition) is 3. The van der Waals surface area contributed by atoms with Crippen LogP contribution in [0.1, 0.15) is 34.1 Å². The van der Waals surface area contributed by atoms with Crippen molar-refractivity contribution in [1.29, 1.82) is 0 Å². The van der Waals surface area contributed by atoms with Crippen LogP contribution >= 0.6 is 43.7 Å². The summed E-state index contributed by atoms with van der Waals surface area (Å²) in [6.45, 7) is 5.96. The van der Waals surface area contributed by atoms with Crippen molar-refractivity contribution in [2.75, 3.05) is 37.9 Å². The summed E-state index contributed by atoms with van der Waals surface area (Å²) >= 11 is 7.88. The van der Waals surface area contributed by atoms with Gasteiger partial charge in [0.05, 0.1) is 44.3 Å². The summed E-state index contributed by atoms with van der Waals surface area (Å²) in [4.78, 5) is 38.1. The van der Waals surface area contributed by atoms with E-state index < -0.39 is 55.4 Å². The molecule has 0 spiro atoms. The number of nitrogens with zero attached hydrogens (tertiary/aromatic N) is 4. The van der Waals surface area contributed by atoms with Crippen molar-refractivity contribution in [3.05, 3.63) is 0 Å². The quantitative estimate of drug-likeness (QED) is 0.133. The first-order valence-corrected chi connectivity index (χ1v) is 16.2. The topological polar surface area (TPSA) is 178 Å². The maximum atomic E-state index is 15.0. The third-order valence-electron chi connectivity index (χ3n) is 5.97. The fourth-order valence-corrected chi connectivity index (χ4v) is 6.55. The van der Waals surface area contributed by atoms with Crippen LogP contribution in [-0.2, 0) is 27.9 Å². The molecule has 4 N–H and O–H groups in total. The fraction of sp³-hybridized carbons (Fsp3) is 0.783. The molecule has 3 aliphatic heterocycles. The van der Waals surface area contributed by atoms with E-state index >= 15 is 4.39 Å². The fourth-order valence-electron chi connectivity index (χ4n) is 3.60. The van der Waals surface area contributed by atoms with Gasteiger partial charge in [0.1, 0.15) is 23.7 Å². The van der Waals surface area contributed by atoms with Gasteiger partial charge in [-0.15, -0.1) is 0 Å². The highest BCUT2D eigenvalue weighted by Crippen LogP contribution is 2.42. The summed E-state index contributed by atoms with van der Waals surface area (Å²) in [5, 5.41) is 18.5. The molecule has 6 atom stereocenters. The number of aliphatic hydroxyl groups is 2. The minimum atomic E-state index is -1.94. The average Bonchev–Trinajstić information content (AvgIpc) is 3.48. The summed E-state index contributed by atoms with van der Waals surface area (Å²) in [7, 11) is -1.94. The Hall–Kier alpha value is -0.940. The van der Waals surface area contributed by atoms with Crippen molar-refractivity contribution in [2.45, 2.75) is 70.4 Å². The monoisotopic (exact) mass is 659 g/mol. The number of hydrogen-bond acceptors (Lipinski definition) is 15. The van der Waals surface area contributed by atoms with Crippen LogP contribution in [0.2, 0.25) is 0 Å². The van der Waals surface area contributed by atoms with Gasteiger partial charge in [-0.2, -0.15) is 0 Å². The van der Waals surface area contributed by atoms with Crippen LogP contribution < -0.4 is 5.73 Å². The Bertz CT molecular complexity index is 1040. The van der Waals surface area contributed by atoms with Crippen LogP contribution in [0.15, 0.2) is 15.0 Å². The van der Waals surface area contributed by atoms with E-state index in [9.17, 15) is 19.8 Å². The van der Waals surface area contributed by atoms with Gasteiger partial charge in [-0.3, -0.25) is 14.6 Å². The number of aliphatic hydroxyl groups excluding tert-OH is 1. The molecule has 5 unspecified atom stereocenters. The van der Waals surface area contributed by atoms with Crippen molar-refractivity contribution < 1.29 is 42.5 Å². The molecule has 3 heterocycles. The molecule has 3 aliphatic rings. The first-order valence-electron chi connectivity index (χ1n) is 12.8. The highest BCUT2D eigenvalue weighted by molar-refractivity contribution is 8.14. The Morgan fingerprint density at radius 3 is 2.46 bits per heavy atom. The SMILES string of the molecule is CC(C)(O)C(=O)SCCOP(OCCSC(=O)C(C)(C)CO)OCC1CC(F)[C@H](N2C=NC3C(N)=NC(Cl)=NC32)O1. The van der Waals surface area contributed by atoms with E-state index in [1.165, 1.54) is 25.1 Å². The second kappa shape index (κ2) is 15.2.